The van der Waals surface area contributed by atoms with Gasteiger partial charge in [-0.1, -0.05) is 33.1 Å². The zero-order valence-electron chi connectivity index (χ0n) is 26.5. The number of ether oxygens (including phenoxy) is 4. The summed E-state index contributed by atoms with van der Waals surface area (Å²) in [6.07, 6.45) is 11.8. The predicted molar refractivity (Wildman–Crippen MR) is 161 cm³/mol. The van der Waals surface area contributed by atoms with Crippen LogP contribution < -0.4 is 0 Å². The summed E-state index contributed by atoms with van der Waals surface area (Å²) in [5.41, 5.74) is 0.0913. The van der Waals surface area contributed by atoms with Crippen molar-refractivity contribution < 1.29 is 43.2 Å². The van der Waals surface area contributed by atoms with E-state index in [1.807, 2.05) is 0 Å². The molecular formula is C34H50O9. The van der Waals surface area contributed by atoms with Crippen molar-refractivity contribution in [3.63, 3.8) is 0 Å². The van der Waals surface area contributed by atoms with Gasteiger partial charge in [0.05, 0.1) is 12.2 Å². The molecule has 5 aliphatic carbocycles. The van der Waals surface area contributed by atoms with E-state index >= 15 is 0 Å². The first kappa shape index (κ1) is 34.5. The lowest BCUT2D eigenvalue weighted by atomic mass is 9.52. The topological polar surface area (TPSA) is 125 Å². The summed E-state index contributed by atoms with van der Waals surface area (Å²) < 4.78 is 20.6. The van der Waals surface area contributed by atoms with Crippen LogP contribution in [0.5, 0.6) is 0 Å². The summed E-state index contributed by atoms with van der Waals surface area (Å²) in [6, 6.07) is 0. The Balaban J connectivity index is 0.000000180. The summed E-state index contributed by atoms with van der Waals surface area (Å²) in [6.45, 7) is 18.0. The molecule has 0 aromatic carbocycles. The molecule has 3 unspecified atom stereocenters. The molecule has 1 saturated heterocycles. The fourth-order valence-corrected chi connectivity index (χ4v) is 7.36. The standard InChI is InChI=1S/C14H20O3.C12H20O2.C8H10O4/c1-9(2)12(15)17-14-6-10-3-11(7-14)5-13(16,4-10)8-14;1-4-12(8-6-5-7-9-12)14-11(13)10(2)3;1-5(2)7(9)12-6-3-4-11-8(6)10/h10-11,16H,1,3-8H2,2H3;2,4-9H2,1,3H3;6H,1,3-4H2,2H3. The molecule has 43 heavy (non-hydrogen) atoms. The highest BCUT2D eigenvalue weighted by Crippen LogP contribution is 2.58. The Morgan fingerprint density at radius 1 is 0.860 bits per heavy atom. The van der Waals surface area contributed by atoms with E-state index in [4.69, 9.17) is 14.2 Å². The molecule has 5 saturated carbocycles. The molecule has 0 radical (unpaired) electrons. The second kappa shape index (κ2) is 14.2. The third-order valence-corrected chi connectivity index (χ3v) is 9.19. The van der Waals surface area contributed by atoms with Gasteiger partial charge in [0, 0.05) is 29.6 Å². The van der Waals surface area contributed by atoms with Crippen LogP contribution in [0.25, 0.3) is 0 Å². The molecule has 6 rings (SSSR count). The molecule has 6 fully saturated rings. The SMILES string of the molecule is C=C(C)C(=O)OC1(CC)CCCCC1.C=C(C)C(=O)OC12CC3CC(CC(O)(C3)C1)C2.C=C(C)C(=O)OC1CCOC1=O. The molecule has 1 aliphatic heterocycles. The van der Waals surface area contributed by atoms with Crippen molar-refractivity contribution >= 4 is 23.9 Å². The van der Waals surface area contributed by atoms with E-state index in [1.165, 1.54) is 32.6 Å². The summed E-state index contributed by atoms with van der Waals surface area (Å²) in [5, 5.41) is 10.5. The highest BCUT2D eigenvalue weighted by molar-refractivity contribution is 5.90. The van der Waals surface area contributed by atoms with Gasteiger partial charge in [0.2, 0.25) is 6.10 Å². The van der Waals surface area contributed by atoms with Gasteiger partial charge in [0.1, 0.15) is 11.2 Å². The number of carbonyl (C=O) groups is 4. The molecule has 9 heteroatoms. The molecule has 9 nitrogen and oxygen atoms in total. The molecular weight excluding hydrogens is 552 g/mol. The molecule has 1 heterocycles. The smallest absolute Gasteiger partial charge is 0.347 e. The largest absolute Gasteiger partial charge is 0.463 e. The normalized spacial score (nSPS) is 31.2. The maximum absolute atomic E-state index is 11.7. The maximum atomic E-state index is 11.7. The number of cyclic esters (lactones) is 1. The minimum Gasteiger partial charge on any atom is -0.463 e. The van der Waals surface area contributed by atoms with Crippen LogP contribution in [0.1, 0.15) is 111 Å². The first-order valence-electron chi connectivity index (χ1n) is 15.6. The summed E-state index contributed by atoms with van der Waals surface area (Å²) >= 11 is 0. The van der Waals surface area contributed by atoms with Crippen molar-refractivity contribution in [2.75, 3.05) is 6.61 Å². The van der Waals surface area contributed by atoms with Crippen molar-refractivity contribution in [3.05, 3.63) is 36.5 Å². The second-order valence-corrected chi connectivity index (χ2v) is 13.4. The number of rotatable bonds is 7. The van der Waals surface area contributed by atoms with E-state index in [-0.39, 0.29) is 23.1 Å². The third kappa shape index (κ3) is 9.27. The van der Waals surface area contributed by atoms with Gasteiger partial charge in [-0.3, -0.25) is 0 Å². The van der Waals surface area contributed by atoms with Gasteiger partial charge >= 0.3 is 23.9 Å². The zero-order chi connectivity index (χ0) is 32.0. The fourth-order valence-electron chi connectivity index (χ4n) is 7.36. The number of hydrogen-bond donors (Lipinski definition) is 1. The van der Waals surface area contributed by atoms with Crippen LogP contribution in [-0.4, -0.2) is 58.5 Å². The van der Waals surface area contributed by atoms with Gasteiger partial charge in [0.25, 0.3) is 0 Å². The molecule has 0 amide bonds. The van der Waals surface area contributed by atoms with Crippen molar-refractivity contribution in [2.24, 2.45) is 11.8 Å². The summed E-state index contributed by atoms with van der Waals surface area (Å²) in [5.74, 6) is -0.453. The Kier molecular flexibility index (Phi) is 11.4. The summed E-state index contributed by atoms with van der Waals surface area (Å²) in [7, 11) is 0. The Bertz CT molecular complexity index is 1100. The highest BCUT2D eigenvalue weighted by Gasteiger charge is 2.59. The molecule has 4 bridgehead atoms. The number of aliphatic hydroxyl groups is 1. The Hall–Kier alpha value is -2.94. The van der Waals surface area contributed by atoms with Crippen molar-refractivity contribution in [2.45, 2.75) is 134 Å². The van der Waals surface area contributed by atoms with Crippen LogP contribution in [0.3, 0.4) is 0 Å². The van der Waals surface area contributed by atoms with Gasteiger partial charge in [-0.15, -0.1) is 0 Å². The zero-order valence-corrected chi connectivity index (χ0v) is 26.5. The van der Waals surface area contributed by atoms with Crippen molar-refractivity contribution in [3.8, 4) is 0 Å². The first-order valence-corrected chi connectivity index (χ1v) is 15.6. The van der Waals surface area contributed by atoms with Crippen LogP contribution in [0.4, 0.5) is 0 Å². The fraction of sp³-hybridized carbons (Fsp3) is 0.706. The monoisotopic (exact) mass is 602 g/mol. The molecule has 240 valence electrons. The molecule has 0 aromatic rings. The van der Waals surface area contributed by atoms with Crippen molar-refractivity contribution in [1.82, 2.24) is 0 Å². The van der Waals surface area contributed by atoms with Crippen LogP contribution in [-0.2, 0) is 38.1 Å². The lowest BCUT2D eigenvalue weighted by molar-refractivity contribution is -0.217. The predicted octanol–water partition coefficient (Wildman–Crippen LogP) is 5.83. The first-order chi connectivity index (χ1) is 20.1. The van der Waals surface area contributed by atoms with Crippen LogP contribution >= 0.6 is 0 Å². The summed E-state index contributed by atoms with van der Waals surface area (Å²) in [4.78, 5) is 44.9. The van der Waals surface area contributed by atoms with Gasteiger partial charge in [0.15, 0.2) is 0 Å². The lowest BCUT2D eigenvalue weighted by Gasteiger charge is -2.59. The maximum Gasteiger partial charge on any atom is 0.347 e. The average Bonchev–Trinajstić information content (AvgIpc) is 3.32. The second-order valence-electron chi connectivity index (χ2n) is 13.4. The van der Waals surface area contributed by atoms with E-state index in [2.05, 4.69) is 31.4 Å². The van der Waals surface area contributed by atoms with Gasteiger partial charge in [-0.05, 0) is 96.8 Å². The van der Waals surface area contributed by atoms with E-state index in [0.717, 1.165) is 44.9 Å². The van der Waals surface area contributed by atoms with E-state index < -0.39 is 29.2 Å². The Morgan fingerprint density at radius 3 is 1.84 bits per heavy atom. The molecule has 3 atom stereocenters. The molecule has 0 aromatic heterocycles. The van der Waals surface area contributed by atoms with Crippen LogP contribution in [0.15, 0.2) is 36.5 Å². The molecule has 6 aliphatic rings. The Labute approximate surface area is 256 Å². The minimum atomic E-state index is -0.728. The van der Waals surface area contributed by atoms with Crippen molar-refractivity contribution in [1.29, 1.82) is 0 Å². The lowest BCUT2D eigenvalue weighted by Crippen LogP contribution is -2.60. The average molecular weight is 603 g/mol. The van der Waals surface area contributed by atoms with Crippen LogP contribution in [0.2, 0.25) is 0 Å². The third-order valence-electron chi connectivity index (χ3n) is 9.19. The molecule has 1 N–H and O–H groups in total. The van der Waals surface area contributed by atoms with Gasteiger partial charge < -0.3 is 24.1 Å². The Morgan fingerprint density at radius 2 is 1.40 bits per heavy atom. The number of esters is 4. The minimum absolute atomic E-state index is 0.186. The molecule has 0 spiro atoms. The van der Waals surface area contributed by atoms with Gasteiger partial charge in [-0.2, -0.15) is 0 Å². The van der Waals surface area contributed by atoms with E-state index in [9.17, 15) is 24.3 Å². The highest BCUT2D eigenvalue weighted by atomic mass is 16.6. The van der Waals surface area contributed by atoms with E-state index in [0.29, 0.717) is 42.4 Å². The van der Waals surface area contributed by atoms with Gasteiger partial charge in [-0.25, -0.2) is 19.2 Å². The number of carbonyl (C=O) groups excluding carboxylic acids is 4. The quantitative estimate of drug-likeness (QED) is 0.218. The van der Waals surface area contributed by atoms with Crippen LogP contribution in [0, 0.1) is 11.8 Å². The number of hydrogen-bond acceptors (Lipinski definition) is 9. The van der Waals surface area contributed by atoms with E-state index in [1.54, 1.807) is 13.8 Å².